The monoisotopic (exact) mass is 450 g/mol. The number of cyclic esters (lactones) is 1. The molecule has 0 aliphatic carbocycles. The SMILES string of the molecule is Cn1nnc(-c2cccnc2)n1.O=C1OCC(c2cccc(O)c2)N1c1ccc(Cl)cc1. The Morgan fingerprint density at radius 2 is 1.94 bits per heavy atom. The normalized spacial score (nSPS) is 15.1. The fourth-order valence-electron chi connectivity index (χ4n) is 3.18. The molecule has 1 N–H and O–H groups in total. The molecule has 5 rings (SSSR count). The molecule has 0 saturated carbocycles. The number of anilines is 1. The van der Waals surface area contributed by atoms with Crippen LogP contribution in [0.1, 0.15) is 11.6 Å². The molecule has 9 nitrogen and oxygen atoms in total. The Hall–Kier alpha value is -3.98. The molecule has 1 fully saturated rings. The summed E-state index contributed by atoms with van der Waals surface area (Å²) in [7, 11) is 1.73. The summed E-state index contributed by atoms with van der Waals surface area (Å²) in [4.78, 5) is 18.9. The molecule has 3 heterocycles. The lowest BCUT2D eigenvalue weighted by atomic mass is 10.1. The maximum atomic E-state index is 11.9. The van der Waals surface area contributed by atoms with Gasteiger partial charge in [-0.3, -0.25) is 9.88 Å². The number of aromatic hydroxyl groups is 1. The van der Waals surface area contributed by atoms with Crippen molar-refractivity contribution >= 4 is 23.4 Å². The summed E-state index contributed by atoms with van der Waals surface area (Å²) in [6, 6.07) is 17.3. The molecule has 1 unspecified atom stereocenters. The number of tetrazole rings is 1. The van der Waals surface area contributed by atoms with Gasteiger partial charge >= 0.3 is 6.09 Å². The van der Waals surface area contributed by atoms with E-state index in [1.165, 1.54) is 4.80 Å². The van der Waals surface area contributed by atoms with Gasteiger partial charge < -0.3 is 9.84 Å². The van der Waals surface area contributed by atoms with Gasteiger partial charge in [-0.25, -0.2) is 4.79 Å². The average molecular weight is 451 g/mol. The Balaban J connectivity index is 0.000000174. The number of carbonyl (C=O) groups is 1. The van der Waals surface area contributed by atoms with Crippen molar-refractivity contribution in [1.29, 1.82) is 0 Å². The number of nitrogens with zero attached hydrogens (tertiary/aromatic N) is 6. The summed E-state index contributed by atoms with van der Waals surface area (Å²) in [6.45, 7) is 0.255. The van der Waals surface area contributed by atoms with Gasteiger partial charge in [0.1, 0.15) is 12.4 Å². The van der Waals surface area contributed by atoms with Gasteiger partial charge in [-0.15, -0.1) is 10.2 Å². The number of phenols is 1. The summed E-state index contributed by atoms with van der Waals surface area (Å²) in [5.41, 5.74) is 2.42. The van der Waals surface area contributed by atoms with Crippen molar-refractivity contribution in [2.75, 3.05) is 11.5 Å². The van der Waals surface area contributed by atoms with E-state index in [1.54, 1.807) is 66.8 Å². The van der Waals surface area contributed by atoms with Crippen LogP contribution in [-0.2, 0) is 11.8 Å². The van der Waals surface area contributed by atoms with Gasteiger partial charge in [0.2, 0.25) is 5.82 Å². The molecular weight excluding hydrogens is 432 g/mol. The number of aromatic nitrogens is 5. The fraction of sp³-hybridized carbons (Fsp3) is 0.136. The molecule has 32 heavy (non-hydrogen) atoms. The molecule has 10 heteroatoms. The van der Waals surface area contributed by atoms with Crippen LogP contribution in [0, 0.1) is 0 Å². The number of phenolic OH excluding ortho intramolecular Hbond substituents is 1. The molecule has 2 aromatic carbocycles. The number of pyridine rings is 1. The standard InChI is InChI=1S/C15H12ClNO3.C7H7N5/c16-11-4-6-12(7-5-11)17-14(9-20-15(17)19)10-2-1-3-13(18)8-10;1-12-10-7(9-11-12)6-3-2-4-8-5-6/h1-8,14,18H,9H2;2-5H,1H3. The van der Waals surface area contributed by atoms with Crippen molar-refractivity contribution in [3.05, 3.63) is 83.6 Å². The van der Waals surface area contributed by atoms with Gasteiger partial charge in [-0.05, 0) is 59.3 Å². The third-order valence-electron chi connectivity index (χ3n) is 4.66. The van der Waals surface area contributed by atoms with Gasteiger partial charge in [0.15, 0.2) is 0 Å². The maximum Gasteiger partial charge on any atom is 0.415 e. The van der Waals surface area contributed by atoms with Crippen molar-refractivity contribution < 1.29 is 14.6 Å². The van der Waals surface area contributed by atoms with E-state index < -0.39 is 6.09 Å². The summed E-state index contributed by atoms with van der Waals surface area (Å²) < 4.78 is 5.13. The van der Waals surface area contributed by atoms with E-state index in [2.05, 4.69) is 20.4 Å². The smallest absolute Gasteiger partial charge is 0.415 e. The lowest BCUT2D eigenvalue weighted by molar-refractivity contribution is 0.179. The summed E-state index contributed by atoms with van der Waals surface area (Å²) >= 11 is 5.86. The summed E-state index contributed by atoms with van der Waals surface area (Å²) in [5.74, 6) is 0.767. The molecule has 162 valence electrons. The highest BCUT2D eigenvalue weighted by Crippen LogP contribution is 2.34. The van der Waals surface area contributed by atoms with E-state index >= 15 is 0 Å². The van der Waals surface area contributed by atoms with E-state index in [-0.39, 0.29) is 18.4 Å². The number of carbonyl (C=O) groups excluding carboxylic acids is 1. The van der Waals surface area contributed by atoms with E-state index in [1.807, 2.05) is 18.2 Å². The third kappa shape index (κ3) is 4.84. The molecule has 1 atom stereocenters. The highest BCUT2D eigenvalue weighted by Gasteiger charge is 2.35. The second kappa shape index (κ2) is 9.44. The Morgan fingerprint density at radius 1 is 1.12 bits per heavy atom. The number of rotatable bonds is 3. The molecule has 1 aliphatic rings. The minimum atomic E-state index is -0.402. The van der Waals surface area contributed by atoms with Crippen LogP contribution in [0.15, 0.2) is 73.1 Å². The number of halogens is 1. The van der Waals surface area contributed by atoms with Crippen molar-refractivity contribution in [3.8, 4) is 17.1 Å². The molecule has 1 amide bonds. The number of hydrogen-bond donors (Lipinski definition) is 1. The lowest BCUT2D eigenvalue weighted by Crippen LogP contribution is -2.27. The number of amides is 1. The van der Waals surface area contributed by atoms with Crippen molar-refractivity contribution in [2.24, 2.45) is 7.05 Å². The van der Waals surface area contributed by atoms with Crippen LogP contribution in [0.25, 0.3) is 11.4 Å². The third-order valence-corrected chi connectivity index (χ3v) is 4.91. The molecule has 4 aromatic rings. The van der Waals surface area contributed by atoms with Crippen LogP contribution in [0.3, 0.4) is 0 Å². The van der Waals surface area contributed by atoms with E-state index in [9.17, 15) is 9.90 Å². The molecular formula is C22H19ClN6O3. The molecule has 0 spiro atoms. The van der Waals surface area contributed by atoms with Gasteiger partial charge in [0, 0.05) is 28.7 Å². The minimum Gasteiger partial charge on any atom is -0.508 e. The van der Waals surface area contributed by atoms with Crippen LogP contribution < -0.4 is 4.90 Å². The van der Waals surface area contributed by atoms with Gasteiger partial charge in [-0.1, -0.05) is 23.7 Å². The van der Waals surface area contributed by atoms with Crippen molar-refractivity contribution in [2.45, 2.75) is 6.04 Å². The van der Waals surface area contributed by atoms with Gasteiger partial charge in [0.25, 0.3) is 0 Å². The van der Waals surface area contributed by atoms with Crippen molar-refractivity contribution in [1.82, 2.24) is 25.2 Å². The highest BCUT2D eigenvalue weighted by atomic mass is 35.5. The summed E-state index contributed by atoms with van der Waals surface area (Å²) in [6.07, 6.45) is 3.01. The Kier molecular flexibility index (Phi) is 6.27. The zero-order valence-corrected chi connectivity index (χ0v) is 17.8. The van der Waals surface area contributed by atoms with E-state index in [4.69, 9.17) is 16.3 Å². The second-order valence-corrected chi connectivity index (χ2v) is 7.31. The number of benzene rings is 2. The Bertz CT molecular complexity index is 1200. The van der Waals surface area contributed by atoms with Crippen LogP contribution in [0.5, 0.6) is 5.75 Å². The van der Waals surface area contributed by atoms with E-state index in [0.29, 0.717) is 16.5 Å². The first-order chi connectivity index (χ1) is 15.5. The first-order valence-corrected chi connectivity index (χ1v) is 10.0. The van der Waals surface area contributed by atoms with Crippen LogP contribution >= 0.6 is 11.6 Å². The molecule has 1 aliphatic heterocycles. The number of hydrogen-bond acceptors (Lipinski definition) is 7. The highest BCUT2D eigenvalue weighted by molar-refractivity contribution is 6.30. The molecule has 1 saturated heterocycles. The number of aryl methyl sites for hydroxylation is 1. The fourth-order valence-corrected chi connectivity index (χ4v) is 3.31. The van der Waals surface area contributed by atoms with Crippen LogP contribution in [0.2, 0.25) is 5.02 Å². The zero-order valence-electron chi connectivity index (χ0n) is 17.0. The zero-order chi connectivity index (χ0) is 22.5. The quantitative estimate of drug-likeness (QED) is 0.502. The maximum absolute atomic E-state index is 11.9. The summed E-state index contributed by atoms with van der Waals surface area (Å²) in [5, 5.41) is 21.8. The predicted molar refractivity (Wildman–Crippen MR) is 118 cm³/mol. The van der Waals surface area contributed by atoms with E-state index in [0.717, 1.165) is 11.1 Å². The molecule has 0 radical (unpaired) electrons. The minimum absolute atomic E-state index is 0.165. The van der Waals surface area contributed by atoms with Crippen LogP contribution in [0.4, 0.5) is 10.5 Å². The van der Waals surface area contributed by atoms with Gasteiger partial charge in [-0.2, -0.15) is 4.80 Å². The van der Waals surface area contributed by atoms with Crippen LogP contribution in [-0.4, -0.2) is 43.0 Å². The molecule has 0 bridgehead atoms. The number of ether oxygens (including phenoxy) is 1. The van der Waals surface area contributed by atoms with Crippen molar-refractivity contribution in [3.63, 3.8) is 0 Å². The first-order valence-electron chi connectivity index (χ1n) is 9.66. The van der Waals surface area contributed by atoms with Gasteiger partial charge in [0.05, 0.1) is 13.1 Å². The lowest BCUT2D eigenvalue weighted by Gasteiger charge is -2.21. The Labute approximate surface area is 188 Å². The topological polar surface area (TPSA) is 106 Å². The average Bonchev–Trinajstić information content (AvgIpc) is 3.41. The second-order valence-electron chi connectivity index (χ2n) is 6.88. The predicted octanol–water partition coefficient (Wildman–Crippen LogP) is 4.02. The Morgan fingerprint density at radius 3 is 2.59 bits per heavy atom. The molecule has 2 aromatic heterocycles. The first kappa shape index (κ1) is 21.3. The largest absolute Gasteiger partial charge is 0.508 e.